The van der Waals surface area contributed by atoms with E-state index >= 15 is 0 Å². The van der Waals surface area contributed by atoms with E-state index in [-0.39, 0.29) is 17.4 Å². The van der Waals surface area contributed by atoms with Crippen LogP contribution in [0.1, 0.15) is 44.0 Å². The van der Waals surface area contributed by atoms with Crippen LogP contribution in [0, 0.1) is 0 Å². The summed E-state index contributed by atoms with van der Waals surface area (Å²) in [6.07, 6.45) is 1.61. The van der Waals surface area contributed by atoms with Crippen molar-refractivity contribution in [2.45, 2.75) is 45.6 Å². The molecule has 4 rings (SSSR count). The highest BCUT2D eigenvalue weighted by atomic mass is 32.1. The van der Waals surface area contributed by atoms with Gasteiger partial charge in [0.1, 0.15) is 10.5 Å². The van der Waals surface area contributed by atoms with Gasteiger partial charge in [-0.25, -0.2) is 0 Å². The molecule has 3 aromatic heterocycles. The first-order valence-electron chi connectivity index (χ1n) is 10.3. The van der Waals surface area contributed by atoms with Gasteiger partial charge in [0.2, 0.25) is 11.7 Å². The number of thiophene rings is 1. The molecule has 1 aromatic carbocycles. The average Bonchev–Trinajstić information content (AvgIpc) is 3.41. The highest BCUT2D eigenvalue weighted by molar-refractivity contribution is 7.17. The van der Waals surface area contributed by atoms with E-state index in [2.05, 4.69) is 34.6 Å². The number of aromatic nitrogens is 4. The van der Waals surface area contributed by atoms with Crippen LogP contribution in [-0.4, -0.2) is 31.6 Å². The SMILES string of the molecule is CCCn1c(=O)c2sccc2n2c(CCC(=O)NC[C@@H](C)c3ccccc3)nnc12. The number of rotatable bonds is 8. The van der Waals surface area contributed by atoms with Crippen LogP contribution in [0.5, 0.6) is 0 Å². The van der Waals surface area contributed by atoms with E-state index in [0.29, 0.717) is 42.2 Å². The lowest BCUT2D eigenvalue weighted by atomic mass is 10.0. The number of benzene rings is 1. The molecule has 0 fully saturated rings. The largest absolute Gasteiger partial charge is 0.355 e. The van der Waals surface area contributed by atoms with Crippen LogP contribution in [0.15, 0.2) is 46.6 Å². The highest BCUT2D eigenvalue weighted by Crippen LogP contribution is 2.20. The number of nitrogens with zero attached hydrogens (tertiary/aromatic N) is 4. The van der Waals surface area contributed by atoms with Gasteiger partial charge in [-0.3, -0.25) is 18.6 Å². The van der Waals surface area contributed by atoms with Gasteiger partial charge in [-0.05, 0) is 29.3 Å². The first-order valence-corrected chi connectivity index (χ1v) is 11.1. The molecule has 0 unspecified atom stereocenters. The van der Waals surface area contributed by atoms with Gasteiger partial charge in [-0.1, -0.05) is 44.2 Å². The summed E-state index contributed by atoms with van der Waals surface area (Å²) in [5, 5.41) is 13.5. The lowest BCUT2D eigenvalue weighted by molar-refractivity contribution is -0.121. The van der Waals surface area contributed by atoms with Crippen molar-refractivity contribution in [3.8, 4) is 0 Å². The van der Waals surface area contributed by atoms with Crippen LogP contribution in [0.25, 0.3) is 16.0 Å². The standard InChI is InChI=1S/C22H25N5O2S/c1-3-12-26-21(29)20-17(11-13-30-20)27-18(24-25-22(26)27)9-10-19(28)23-14-15(2)16-7-5-4-6-8-16/h4-8,11,13,15H,3,9-10,12,14H2,1-2H3,(H,23,28)/t15-/m1/s1. The molecule has 8 heteroatoms. The molecule has 0 aliphatic heterocycles. The Bertz CT molecular complexity index is 1230. The monoisotopic (exact) mass is 423 g/mol. The van der Waals surface area contributed by atoms with Gasteiger partial charge in [-0.15, -0.1) is 21.5 Å². The zero-order chi connectivity index (χ0) is 21.1. The van der Waals surface area contributed by atoms with Gasteiger partial charge in [0.25, 0.3) is 5.56 Å². The second kappa shape index (κ2) is 8.79. The molecule has 0 aliphatic carbocycles. The van der Waals surface area contributed by atoms with E-state index < -0.39 is 0 Å². The fourth-order valence-corrected chi connectivity index (χ4v) is 4.47. The molecule has 4 aromatic rings. The zero-order valence-corrected chi connectivity index (χ0v) is 18.0. The number of hydrogen-bond acceptors (Lipinski definition) is 5. The fraction of sp³-hybridized carbons (Fsp3) is 0.364. The minimum Gasteiger partial charge on any atom is -0.355 e. The molecule has 156 valence electrons. The summed E-state index contributed by atoms with van der Waals surface area (Å²) >= 11 is 1.43. The summed E-state index contributed by atoms with van der Waals surface area (Å²) in [5.41, 5.74) is 1.99. The number of nitrogens with one attached hydrogen (secondary N) is 1. The highest BCUT2D eigenvalue weighted by Gasteiger charge is 2.18. The van der Waals surface area contributed by atoms with Crippen LogP contribution in [0.4, 0.5) is 0 Å². The Kier molecular flexibility index (Phi) is 5.94. The van der Waals surface area contributed by atoms with Crippen LogP contribution in [-0.2, 0) is 17.8 Å². The molecule has 1 amide bonds. The lowest BCUT2D eigenvalue weighted by Gasteiger charge is -2.13. The number of carbonyl (C=O) groups is 1. The van der Waals surface area contributed by atoms with Crippen molar-refractivity contribution in [1.29, 1.82) is 0 Å². The van der Waals surface area contributed by atoms with Crippen molar-refractivity contribution >= 4 is 33.2 Å². The van der Waals surface area contributed by atoms with E-state index in [1.54, 1.807) is 4.57 Å². The second-order valence-electron chi connectivity index (χ2n) is 7.46. The second-order valence-corrected chi connectivity index (χ2v) is 8.38. The third-order valence-corrected chi connectivity index (χ3v) is 6.17. The zero-order valence-electron chi connectivity index (χ0n) is 17.2. The summed E-state index contributed by atoms with van der Waals surface area (Å²) in [7, 11) is 0. The summed E-state index contributed by atoms with van der Waals surface area (Å²) in [6.45, 7) is 5.31. The smallest absolute Gasteiger partial charge is 0.272 e. The molecule has 1 atom stereocenters. The molecule has 30 heavy (non-hydrogen) atoms. The summed E-state index contributed by atoms with van der Waals surface area (Å²) in [4.78, 5) is 25.2. The Morgan fingerprint density at radius 3 is 2.77 bits per heavy atom. The van der Waals surface area contributed by atoms with Crippen molar-refractivity contribution in [3.63, 3.8) is 0 Å². The molecule has 0 radical (unpaired) electrons. The molecule has 0 spiro atoms. The van der Waals surface area contributed by atoms with E-state index in [0.717, 1.165) is 11.9 Å². The third kappa shape index (κ3) is 3.87. The summed E-state index contributed by atoms with van der Waals surface area (Å²) in [6, 6.07) is 12.1. The molecule has 3 heterocycles. The van der Waals surface area contributed by atoms with Gasteiger partial charge < -0.3 is 5.32 Å². The average molecular weight is 424 g/mol. The molecule has 0 saturated heterocycles. The molecular weight excluding hydrogens is 398 g/mol. The minimum absolute atomic E-state index is 0.0158. The number of hydrogen-bond donors (Lipinski definition) is 1. The number of fused-ring (bicyclic) bond motifs is 3. The number of amides is 1. The topological polar surface area (TPSA) is 81.3 Å². The van der Waals surface area contributed by atoms with E-state index in [1.165, 1.54) is 16.9 Å². The number of aryl methyl sites for hydroxylation is 2. The molecular formula is C22H25N5O2S. The molecule has 0 bridgehead atoms. The number of carbonyl (C=O) groups excluding carboxylic acids is 1. The molecule has 0 saturated carbocycles. The first-order chi connectivity index (χ1) is 14.6. The van der Waals surface area contributed by atoms with Crippen LogP contribution < -0.4 is 10.9 Å². The van der Waals surface area contributed by atoms with Crippen molar-refractivity contribution in [1.82, 2.24) is 24.5 Å². The maximum absolute atomic E-state index is 12.8. The molecule has 1 N–H and O–H groups in total. The minimum atomic E-state index is -0.0269. The lowest BCUT2D eigenvalue weighted by Crippen LogP contribution is -2.28. The van der Waals surface area contributed by atoms with Crippen molar-refractivity contribution in [3.05, 3.63) is 63.5 Å². The quantitative estimate of drug-likeness (QED) is 0.471. The van der Waals surface area contributed by atoms with Gasteiger partial charge in [0.15, 0.2) is 0 Å². The maximum atomic E-state index is 12.8. The predicted octanol–water partition coefficient (Wildman–Crippen LogP) is 3.37. The van der Waals surface area contributed by atoms with Gasteiger partial charge in [0.05, 0.1) is 5.52 Å². The predicted molar refractivity (Wildman–Crippen MR) is 119 cm³/mol. The van der Waals surface area contributed by atoms with Crippen molar-refractivity contribution in [2.24, 2.45) is 0 Å². The van der Waals surface area contributed by atoms with Gasteiger partial charge in [0, 0.05) is 25.9 Å². The Hall–Kier alpha value is -3.00. The van der Waals surface area contributed by atoms with E-state index in [1.807, 2.05) is 41.0 Å². The molecule has 0 aliphatic rings. The van der Waals surface area contributed by atoms with Gasteiger partial charge >= 0.3 is 0 Å². The van der Waals surface area contributed by atoms with Crippen molar-refractivity contribution in [2.75, 3.05) is 6.54 Å². The van der Waals surface area contributed by atoms with Crippen LogP contribution >= 0.6 is 11.3 Å². The van der Waals surface area contributed by atoms with Crippen LogP contribution in [0.3, 0.4) is 0 Å². The van der Waals surface area contributed by atoms with Crippen molar-refractivity contribution < 1.29 is 4.79 Å². The van der Waals surface area contributed by atoms with Crippen LogP contribution in [0.2, 0.25) is 0 Å². The van der Waals surface area contributed by atoms with E-state index in [9.17, 15) is 9.59 Å². The fourth-order valence-electron chi connectivity index (χ4n) is 3.65. The Balaban J connectivity index is 1.49. The Morgan fingerprint density at radius 1 is 1.20 bits per heavy atom. The Morgan fingerprint density at radius 2 is 2.00 bits per heavy atom. The van der Waals surface area contributed by atoms with E-state index in [4.69, 9.17) is 0 Å². The third-order valence-electron chi connectivity index (χ3n) is 5.28. The molecule has 7 nitrogen and oxygen atoms in total. The van der Waals surface area contributed by atoms with Gasteiger partial charge in [-0.2, -0.15) is 0 Å². The normalized spacial score (nSPS) is 12.5. The summed E-state index contributed by atoms with van der Waals surface area (Å²) in [5.74, 6) is 1.47. The Labute approximate surface area is 178 Å². The maximum Gasteiger partial charge on any atom is 0.272 e. The first kappa shape index (κ1) is 20.3. The summed E-state index contributed by atoms with van der Waals surface area (Å²) < 4.78 is 4.29.